The topological polar surface area (TPSA) is 95.9 Å². The Balaban J connectivity index is 1.32. The molecule has 2 aromatic rings. The normalized spacial score (nSPS) is 20.7. The molecule has 2 aliphatic heterocycles. The Morgan fingerprint density at radius 2 is 1.93 bits per heavy atom. The lowest BCUT2D eigenvalue weighted by molar-refractivity contribution is -0.115. The SMILES string of the molecule is O=C(NCc1ccncc1)C1=NOC2(CCCN(C(=O)Nc3ccccc3)C2)C1. The number of hydrogen-bond donors (Lipinski definition) is 2. The maximum absolute atomic E-state index is 12.6. The van der Waals surface area contributed by atoms with Crippen LogP contribution in [-0.2, 0) is 16.2 Å². The van der Waals surface area contributed by atoms with Crippen molar-refractivity contribution in [2.75, 3.05) is 18.4 Å². The van der Waals surface area contributed by atoms with Crippen LogP contribution in [0.4, 0.5) is 10.5 Å². The average molecular weight is 393 g/mol. The van der Waals surface area contributed by atoms with Gasteiger partial charge >= 0.3 is 6.03 Å². The molecule has 0 saturated carbocycles. The average Bonchev–Trinajstić information content (AvgIpc) is 3.16. The molecule has 1 unspecified atom stereocenters. The molecule has 8 nitrogen and oxygen atoms in total. The molecule has 2 N–H and O–H groups in total. The first-order chi connectivity index (χ1) is 14.1. The number of piperidine rings is 1. The smallest absolute Gasteiger partial charge is 0.321 e. The quantitative estimate of drug-likeness (QED) is 0.834. The summed E-state index contributed by atoms with van der Waals surface area (Å²) in [4.78, 5) is 36.5. The van der Waals surface area contributed by atoms with Crippen molar-refractivity contribution in [2.45, 2.75) is 31.4 Å². The van der Waals surface area contributed by atoms with Crippen molar-refractivity contribution in [2.24, 2.45) is 5.16 Å². The Morgan fingerprint density at radius 1 is 1.14 bits per heavy atom. The van der Waals surface area contributed by atoms with Crippen molar-refractivity contribution < 1.29 is 14.4 Å². The Bertz CT molecular complexity index is 903. The first-order valence-corrected chi connectivity index (χ1v) is 9.67. The molecule has 1 atom stereocenters. The van der Waals surface area contributed by atoms with Gasteiger partial charge in [0.2, 0.25) is 0 Å². The van der Waals surface area contributed by atoms with Crippen molar-refractivity contribution in [3.8, 4) is 0 Å². The molecular weight excluding hydrogens is 370 g/mol. The predicted octanol–water partition coefficient (Wildman–Crippen LogP) is 2.54. The molecule has 150 valence electrons. The van der Waals surface area contributed by atoms with Gasteiger partial charge in [-0.2, -0.15) is 0 Å². The summed E-state index contributed by atoms with van der Waals surface area (Å²) in [6, 6.07) is 12.9. The highest BCUT2D eigenvalue weighted by Gasteiger charge is 2.45. The standard InChI is InChI=1S/C21H23N5O3/c27-19(23-14-16-7-10-22-11-8-16)18-13-21(29-25-18)9-4-12-26(15-21)20(28)24-17-5-2-1-3-6-17/h1-3,5-8,10-11H,4,9,12-15H2,(H,23,27)(H,24,28). The lowest BCUT2D eigenvalue weighted by Crippen LogP contribution is -2.52. The van der Waals surface area contributed by atoms with Gasteiger partial charge in [0.25, 0.3) is 5.91 Å². The molecule has 2 aliphatic rings. The number of urea groups is 1. The van der Waals surface area contributed by atoms with Gasteiger partial charge in [0.1, 0.15) is 5.71 Å². The molecule has 8 heteroatoms. The Labute approximate surface area is 168 Å². The van der Waals surface area contributed by atoms with Crippen molar-refractivity contribution in [3.63, 3.8) is 0 Å². The van der Waals surface area contributed by atoms with E-state index >= 15 is 0 Å². The monoisotopic (exact) mass is 393 g/mol. The van der Waals surface area contributed by atoms with E-state index in [9.17, 15) is 9.59 Å². The summed E-state index contributed by atoms with van der Waals surface area (Å²) in [7, 11) is 0. The van der Waals surface area contributed by atoms with Gasteiger partial charge in [-0.05, 0) is 42.7 Å². The van der Waals surface area contributed by atoms with E-state index in [1.807, 2.05) is 42.5 Å². The summed E-state index contributed by atoms with van der Waals surface area (Å²) in [5.41, 5.74) is 1.44. The van der Waals surface area contributed by atoms with E-state index in [1.165, 1.54) is 0 Å². The molecule has 3 heterocycles. The van der Waals surface area contributed by atoms with E-state index in [0.29, 0.717) is 31.8 Å². The lowest BCUT2D eigenvalue weighted by atomic mass is 9.88. The van der Waals surface area contributed by atoms with Crippen molar-refractivity contribution >= 4 is 23.3 Å². The number of nitrogens with one attached hydrogen (secondary N) is 2. The molecule has 0 bridgehead atoms. The fraction of sp³-hybridized carbons (Fsp3) is 0.333. The summed E-state index contributed by atoms with van der Waals surface area (Å²) < 4.78 is 0. The van der Waals surface area contributed by atoms with Crippen molar-refractivity contribution in [3.05, 3.63) is 60.4 Å². The summed E-state index contributed by atoms with van der Waals surface area (Å²) in [5, 5.41) is 9.80. The molecule has 29 heavy (non-hydrogen) atoms. The zero-order chi connectivity index (χ0) is 20.1. The predicted molar refractivity (Wildman–Crippen MR) is 108 cm³/mol. The van der Waals surface area contributed by atoms with E-state index < -0.39 is 5.60 Å². The van der Waals surface area contributed by atoms with Crippen LogP contribution in [0.15, 0.2) is 60.0 Å². The molecule has 1 saturated heterocycles. The lowest BCUT2D eigenvalue weighted by Gasteiger charge is -2.38. The van der Waals surface area contributed by atoms with Crippen molar-refractivity contribution in [1.82, 2.24) is 15.2 Å². The van der Waals surface area contributed by atoms with Crippen molar-refractivity contribution in [1.29, 1.82) is 0 Å². The Hall–Kier alpha value is -3.42. The van der Waals surface area contributed by atoms with Gasteiger partial charge in [-0.15, -0.1) is 0 Å². The molecule has 1 aromatic heterocycles. The first-order valence-electron chi connectivity index (χ1n) is 9.67. The number of carbonyl (C=O) groups is 2. The molecule has 0 aliphatic carbocycles. The van der Waals surface area contributed by atoms with Crippen LogP contribution in [0.2, 0.25) is 0 Å². The number of rotatable bonds is 4. The third-order valence-electron chi connectivity index (χ3n) is 5.16. The summed E-state index contributed by atoms with van der Waals surface area (Å²) in [5.74, 6) is -0.246. The largest absolute Gasteiger partial charge is 0.386 e. The van der Waals surface area contributed by atoms with Gasteiger partial charge in [-0.25, -0.2) is 4.79 Å². The maximum atomic E-state index is 12.6. The van der Waals surface area contributed by atoms with Gasteiger partial charge in [-0.1, -0.05) is 23.4 Å². The van der Waals surface area contributed by atoms with Gasteiger partial charge < -0.3 is 20.4 Å². The summed E-state index contributed by atoms with van der Waals surface area (Å²) in [6.45, 7) is 1.45. The number of carbonyl (C=O) groups excluding carboxylic acids is 2. The minimum absolute atomic E-state index is 0.172. The van der Waals surface area contributed by atoms with E-state index in [2.05, 4.69) is 20.8 Å². The Morgan fingerprint density at radius 3 is 2.72 bits per heavy atom. The Kier molecular flexibility index (Phi) is 5.41. The highest BCUT2D eigenvalue weighted by Crippen LogP contribution is 2.33. The second kappa shape index (κ2) is 8.30. The fourth-order valence-electron chi connectivity index (χ4n) is 3.64. The summed E-state index contributed by atoms with van der Waals surface area (Å²) in [6.07, 6.45) is 5.31. The fourth-order valence-corrected chi connectivity index (χ4v) is 3.64. The zero-order valence-electron chi connectivity index (χ0n) is 16.0. The minimum atomic E-state index is -0.629. The number of hydrogen-bond acceptors (Lipinski definition) is 5. The number of nitrogens with zero attached hydrogens (tertiary/aromatic N) is 3. The van der Waals surface area contributed by atoms with E-state index in [0.717, 1.165) is 24.1 Å². The van der Waals surface area contributed by atoms with Gasteiger partial charge in [0.15, 0.2) is 5.60 Å². The molecule has 4 rings (SSSR count). The minimum Gasteiger partial charge on any atom is -0.386 e. The number of oxime groups is 1. The molecule has 3 amide bonds. The van der Waals surface area contributed by atoms with Crippen LogP contribution in [0.25, 0.3) is 0 Å². The van der Waals surface area contributed by atoms with Crippen LogP contribution in [0.1, 0.15) is 24.8 Å². The number of para-hydroxylation sites is 1. The third kappa shape index (κ3) is 4.53. The highest BCUT2D eigenvalue weighted by molar-refractivity contribution is 6.39. The number of benzene rings is 1. The number of likely N-dealkylation sites (tertiary alicyclic amines) is 1. The maximum Gasteiger partial charge on any atom is 0.321 e. The van der Waals surface area contributed by atoms with Crippen LogP contribution < -0.4 is 10.6 Å². The van der Waals surface area contributed by atoms with Crippen LogP contribution in [0, 0.1) is 0 Å². The van der Waals surface area contributed by atoms with Crippen LogP contribution >= 0.6 is 0 Å². The number of pyridine rings is 1. The molecule has 1 fully saturated rings. The van der Waals surface area contributed by atoms with E-state index in [4.69, 9.17) is 4.84 Å². The van der Waals surface area contributed by atoms with Crippen LogP contribution in [0.5, 0.6) is 0 Å². The molecule has 0 radical (unpaired) electrons. The van der Waals surface area contributed by atoms with Gasteiger partial charge in [0, 0.05) is 37.6 Å². The van der Waals surface area contributed by atoms with Crippen LogP contribution in [0.3, 0.4) is 0 Å². The second-order valence-electron chi connectivity index (χ2n) is 7.35. The highest BCUT2D eigenvalue weighted by atomic mass is 16.7. The summed E-state index contributed by atoms with van der Waals surface area (Å²) >= 11 is 0. The number of aromatic nitrogens is 1. The van der Waals surface area contributed by atoms with E-state index in [1.54, 1.807) is 17.3 Å². The van der Waals surface area contributed by atoms with Gasteiger partial charge in [0.05, 0.1) is 6.54 Å². The van der Waals surface area contributed by atoms with Crippen LogP contribution in [-0.4, -0.2) is 46.2 Å². The number of anilines is 1. The second-order valence-corrected chi connectivity index (χ2v) is 7.35. The molecule has 1 spiro atoms. The molecular formula is C21H23N5O3. The number of amides is 3. The van der Waals surface area contributed by atoms with E-state index in [-0.39, 0.29) is 11.9 Å². The van der Waals surface area contributed by atoms with Gasteiger partial charge in [-0.3, -0.25) is 9.78 Å². The first kappa shape index (κ1) is 18.9. The molecule has 1 aromatic carbocycles. The third-order valence-corrected chi connectivity index (χ3v) is 5.16. The zero-order valence-corrected chi connectivity index (χ0v) is 16.0.